The summed E-state index contributed by atoms with van der Waals surface area (Å²) in [5, 5.41) is 9.49. The predicted molar refractivity (Wildman–Crippen MR) is 223 cm³/mol. The van der Waals surface area contributed by atoms with Gasteiger partial charge in [0.25, 0.3) is 0 Å². The zero-order valence-corrected chi connectivity index (χ0v) is 28.8. The summed E-state index contributed by atoms with van der Waals surface area (Å²) in [6, 6.07) is 69.7. The lowest BCUT2D eigenvalue weighted by molar-refractivity contribution is 0.672. The van der Waals surface area contributed by atoms with Crippen LogP contribution in [0, 0.1) is 0 Å². The molecule has 9 aromatic carbocycles. The van der Waals surface area contributed by atoms with Gasteiger partial charge in [-0.2, -0.15) is 0 Å². The minimum atomic E-state index is 0.869. The van der Waals surface area contributed by atoms with Crippen molar-refractivity contribution in [1.82, 2.24) is 4.57 Å². The van der Waals surface area contributed by atoms with Crippen LogP contribution in [0.2, 0.25) is 0 Å². The lowest BCUT2D eigenvalue weighted by Gasteiger charge is -2.27. The van der Waals surface area contributed by atoms with Gasteiger partial charge in [0.2, 0.25) is 0 Å². The smallest absolute Gasteiger partial charge is 0.143 e. The molecule has 0 fully saturated rings. The molecule has 0 radical (unpaired) electrons. The van der Waals surface area contributed by atoms with Gasteiger partial charge in [-0.15, -0.1) is 0 Å². The van der Waals surface area contributed by atoms with E-state index < -0.39 is 0 Å². The lowest BCUT2D eigenvalue weighted by atomic mass is 9.98. The molecule has 11 aromatic rings. The molecule has 0 saturated carbocycles. The summed E-state index contributed by atoms with van der Waals surface area (Å²) in [6.45, 7) is 0. The predicted octanol–water partition coefficient (Wildman–Crippen LogP) is 14.1. The highest BCUT2D eigenvalue weighted by atomic mass is 16.3. The first-order chi connectivity index (χ1) is 26.3. The summed E-state index contributed by atoms with van der Waals surface area (Å²) in [6.07, 6.45) is 0. The Morgan fingerprint density at radius 3 is 1.68 bits per heavy atom. The van der Waals surface area contributed by atoms with Crippen LogP contribution in [0.4, 0.5) is 17.1 Å². The van der Waals surface area contributed by atoms with Crippen LogP contribution in [0.3, 0.4) is 0 Å². The fourth-order valence-corrected chi connectivity index (χ4v) is 8.37. The van der Waals surface area contributed by atoms with Gasteiger partial charge in [0, 0.05) is 38.6 Å². The first kappa shape index (κ1) is 29.6. The molecule has 0 saturated heterocycles. The van der Waals surface area contributed by atoms with Crippen LogP contribution in [-0.4, -0.2) is 4.57 Å². The minimum Gasteiger partial charge on any atom is -0.455 e. The molecule has 0 spiro atoms. The van der Waals surface area contributed by atoms with Crippen LogP contribution >= 0.6 is 0 Å². The second kappa shape index (κ2) is 11.7. The van der Waals surface area contributed by atoms with Gasteiger partial charge in [0.15, 0.2) is 0 Å². The van der Waals surface area contributed by atoms with Crippen molar-refractivity contribution in [2.45, 2.75) is 0 Å². The first-order valence-electron chi connectivity index (χ1n) is 18.1. The topological polar surface area (TPSA) is 21.3 Å². The molecule has 0 atom stereocenters. The van der Waals surface area contributed by atoms with E-state index in [1.54, 1.807) is 0 Å². The Morgan fingerprint density at radius 2 is 0.962 bits per heavy atom. The zero-order chi connectivity index (χ0) is 34.9. The van der Waals surface area contributed by atoms with E-state index in [0.29, 0.717) is 0 Å². The molecule has 0 N–H and O–H groups in total. The molecular formula is C50H32N2O. The molecule has 248 valence electrons. The monoisotopic (exact) mass is 676 g/mol. The molecule has 0 bridgehead atoms. The molecule has 2 heterocycles. The molecule has 53 heavy (non-hydrogen) atoms. The van der Waals surface area contributed by atoms with Gasteiger partial charge < -0.3 is 13.9 Å². The lowest BCUT2D eigenvalue weighted by Crippen LogP contribution is -2.10. The molecular weight excluding hydrogens is 645 g/mol. The van der Waals surface area contributed by atoms with Crippen molar-refractivity contribution in [2.24, 2.45) is 0 Å². The maximum atomic E-state index is 6.67. The molecule has 0 unspecified atom stereocenters. The normalized spacial score (nSPS) is 11.8. The van der Waals surface area contributed by atoms with Crippen LogP contribution in [0.1, 0.15) is 0 Å². The van der Waals surface area contributed by atoms with Gasteiger partial charge in [-0.05, 0) is 94.0 Å². The van der Waals surface area contributed by atoms with Crippen LogP contribution < -0.4 is 4.90 Å². The maximum absolute atomic E-state index is 6.67. The van der Waals surface area contributed by atoms with E-state index >= 15 is 0 Å². The number of aromatic nitrogens is 1. The number of benzene rings is 9. The van der Waals surface area contributed by atoms with Gasteiger partial charge in [0.05, 0.1) is 22.1 Å². The number of rotatable bonds is 5. The Balaban J connectivity index is 1.11. The number of anilines is 3. The summed E-state index contributed by atoms with van der Waals surface area (Å²) in [5.74, 6) is 0. The second-order valence-electron chi connectivity index (χ2n) is 13.7. The minimum absolute atomic E-state index is 0.869. The van der Waals surface area contributed by atoms with Gasteiger partial charge in [0.1, 0.15) is 11.2 Å². The molecule has 3 heteroatoms. The van der Waals surface area contributed by atoms with E-state index in [4.69, 9.17) is 4.42 Å². The third kappa shape index (κ3) is 4.61. The van der Waals surface area contributed by atoms with Crippen LogP contribution in [0.25, 0.3) is 82.1 Å². The summed E-state index contributed by atoms with van der Waals surface area (Å²) >= 11 is 0. The fraction of sp³-hybridized carbons (Fsp3) is 0. The van der Waals surface area contributed by atoms with E-state index in [9.17, 15) is 0 Å². The molecule has 0 amide bonds. The summed E-state index contributed by atoms with van der Waals surface area (Å²) in [7, 11) is 0. The molecule has 0 aliphatic carbocycles. The van der Waals surface area contributed by atoms with Gasteiger partial charge in [-0.3, -0.25) is 0 Å². The number of hydrogen-bond donors (Lipinski definition) is 0. The Kier molecular flexibility index (Phi) is 6.55. The maximum Gasteiger partial charge on any atom is 0.143 e. The quantitative estimate of drug-likeness (QED) is 0.181. The molecule has 2 aromatic heterocycles. The Bertz CT molecular complexity index is 3110. The van der Waals surface area contributed by atoms with Crippen LogP contribution in [0.5, 0.6) is 0 Å². The van der Waals surface area contributed by atoms with Crippen molar-refractivity contribution in [3.63, 3.8) is 0 Å². The number of hydrogen-bond acceptors (Lipinski definition) is 2. The third-order valence-electron chi connectivity index (χ3n) is 10.8. The average molecular weight is 677 g/mol. The van der Waals surface area contributed by atoms with Gasteiger partial charge >= 0.3 is 0 Å². The van der Waals surface area contributed by atoms with E-state index in [-0.39, 0.29) is 0 Å². The zero-order valence-electron chi connectivity index (χ0n) is 28.8. The third-order valence-corrected chi connectivity index (χ3v) is 10.8. The molecule has 0 aliphatic rings. The second-order valence-corrected chi connectivity index (χ2v) is 13.7. The number of nitrogens with zero attached hydrogens (tertiary/aromatic N) is 2. The van der Waals surface area contributed by atoms with E-state index in [1.807, 2.05) is 0 Å². The highest BCUT2D eigenvalue weighted by molar-refractivity contribution is 6.19. The number of fused-ring (bicyclic) bond motifs is 9. The standard InChI is InChI=1S/C50H32N2O/c1-3-14-39-33(11-1)13-9-18-40(39)35-23-26-36(27-24-35)51(47-21-10-22-48-49(47)44-32-25-34-12-2-4-15-41(34)50(44)53-48)37-28-30-38(31-29-37)52-45-19-7-5-16-42(45)43-17-6-8-20-46(43)52/h1-32H. The van der Waals surface area contributed by atoms with Crippen molar-refractivity contribution < 1.29 is 4.42 Å². The molecule has 11 rings (SSSR count). The largest absolute Gasteiger partial charge is 0.455 e. The van der Waals surface area contributed by atoms with Gasteiger partial charge in [-0.25, -0.2) is 0 Å². The van der Waals surface area contributed by atoms with Crippen molar-refractivity contribution in [3.05, 3.63) is 194 Å². The Labute approximate surface area is 306 Å². The Hall–Kier alpha value is -7.10. The summed E-state index contributed by atoms with van der Waals surface area (Å²) < 4.78 is 9.03. The number of furan rings is 1. The van der Waals surface area contributed by atoms with Crippen LogP contribution in [0.15, 0.2) is 199 Å². The van der Waals surface area contributed by atoms with Crippen molar-refractivity contribution in [2.75, 3.05) is 4.90 Å². The van der Waals surface area contributed by atoms with Crippen LogP contribution in [-0.2, 0) is 0 Å². The SMILES string of the molecule is c1ccc2c(-c3ccc(N(c4ccc(-n5c6ccccc6c6ccccc65)cc4)c4cccc5oc6c7ccccc7ccc6c45)cc3)cccc2c1. The summed E-state index contributed by atoms with van der Waals surface area (Å²) in [4.78, 5) is 2.37. The first-order valence-corrected chi connectivity index (χ1v) is 18.1. The number of para-hydroxylation sites is 2. The van der Waals surface area contributed by atoms with Crippen molar-refractivity contribution in [1.29, 1.82) is 0 Å². The van der Waals surface area contributed by atoms with Crippen molar-refractivity contribution >= 4 is 82.4 Å². The van der Waals surface area contributed by atoms with Gasteiger partial charge in [-0.1, -0.05) is 127 Å². The summed E-state index contributed by atoms with van der Waals surface area (Å²) in [5.41, 5.74) is 10.9. The van der Waals surface area contributed by atoms with Crippen molar-refractivity contribution in [3.8, 4) is 16.8 Å². The van der Waals surface area contributed by atoms with E-state index in [1.165, 1.54) is 49.1 Å². The van der Waals surface area contributed by atoms with E-state index in [0.717, 1.165) is 50.1 Å². The highest BCUT2D eigenvalue weighted by Gasteiger charge is 2.21. The Morgan fingerprint density at radius 1 is 0.396 bits per heavy atom. The molecule has 0 aliphatic heterocycles. The molecule has 3 nitrogen and oxygen atoms in total. The fourth-order valence-electron chi connectivity index (χ4n) is 8.37. The average Bonchev–Trinajstić information content (AvgIpc) is 3.78. The highest BCUT2D eigenvalue weighted by Crippen LogP contribution is 2.45. The van der Waals surface area contributed by atoms with E-state index in [2.05, 4.69) is 204 Å².